The predicted molar refractivity (Wildman–Crippen MR) is 126 cm³/mol. The number of halogens is 3. The van der Waals surface area contributed by atoms with Gasteiger partial charge in [-0.1, -0.05) is 17.7 Å². The number of rotatable bonds is 7. The van der Waals surface area contributed by atoms with Crippen LogP contribution in [0.4, 0.5) is 8.78 Å². The maximum Gasteiger partial charge on any atom is 0.267 e. The molecule has 1 amide bonds. The lowest BCUT2D eigenvalue weighted by Crippen LogP contribution is -2.42. The van der Waals surface area contributed by atoms with E-state index in [1.807, 2.05) is 11.6 Å². The van der Waals surface area contributed by atoms with Crippen molar-refractivity contribution in [1.29, 1.82) is 0 Å². The minimum Gasteiger partial charge on any atom is -0.489 e. The minimum atomic E-state index is -3.81. The first-order chi connectivity index (χ1) is 16.0. The van der Waals surface area contributed by atoms with Crippen LogP contribution < -0.4 is 9.46 Å². The second kappa shape index (κ2) is 9.79. The molecule has 2 aliphatic rings. The molecule has 10 heteroatoms. The first kappa shape index (κ1) is 24.9. The molecular formula is C24H27ClF2N2O4S. The SMILES string of the molecule is C[C@@H](c1ccc(F)cc1Cl)N1CCCC(Oc2cc(F)c(C(=O)NS(C)(=O)=O)cc2C2CC2)C1. The topological polar surface area (TPSA) is 75.7 Å². The highest BCUT2D eigenvalue weighted by Gasteiger charge is 2.32. The number of nitrogens with one attached hydrogen (secondary N) is 1. The Morgan fingerprint density at radius 2 is 1.94 bits per heavy atom. The number of amides is 1. The van der Waals surface area contributed by atoms with E-state index in [4.69, 9.17) is 16.3 Å². The van der Waals surface area contributed by atoms with Gasteiger partial charge < -0.3 is 4.74 Å². The maximum absolute atomic E-state index is 14.8. The fourth-order valence-corrected chi connectivity index (χ4v) is 5.19. The zero-order chi connectivity index (χ0) is 24.6. The number of piperidine rings is 1. The van der Waals surface area contributed by atoms with Crippen molar-refractivity contribution in [3.8, 4) is 5.75 Å². The van der Waals surface area contributed by atoms with E-state index in [2.05, 4.69) is 4.90 Å². The average molecular weight is 513 g/mol. The zero-order valence-electron chi connectivity index (χ0n) is 19.0. The molecule has 2 aromatic rings. The normalized spacial score (nSPS) is 20.1. The summed E-state index contributed by atoms with van der Waals surface area (Å²) in [7, 11) is -3.81. The Labute approximate surface area is 203 Å². The first-order valence-electron chi connectivity index (χ1n) is 11.2. The highest BCUT2D eigenvalue weighted by Crippen LogP contribution is 2.45. The van der Waals surface area contributed by atoms with E-state index in [0.717, 1.165) is 44.0 Å². The molecule has 1 saturated heterocycles. The Morgan fingerprint density at radius 3 is 2.59 bits per heavy atom. The van der Waals surface area contributed by atoms with Crippen LogP contribution in [0, 0.1) is 11.6 Å². The second-order valence-electron chi connectivity index (χ2n) is 9.07. The number of hydrogen-bond acceptors (Lipinski definition) is 5. The van der Waals surface area contributed by atoms with Gasteiger partial charge in [0.2, 0.25) is 10.0 Å². The van der Waals surface area contributed by atoms with Crippen molar-refractivity contribution in [2.24, 2.45) is 0 Å². The molecule has 1 aliphatic heterocycles. The molecule has 4 rings (SSSR count). The Balaban J connectivity index is 1.52. The van der Waals surface area contributed by atoms with E-state index < -0.39 is 21.7 Å². The van der Waals surface area contributed by atoms with Crippen molar-refractivity contribution < 1.29 is 26.7 Å². The van der Waals surface area contributed by atoms with Gasteiger partial charge in [-0.25, -0.2) is 21.9 Å². The van der Waals surface area contributed by atoms with Crippen LogP contribution in [-0.4, -0.2) is 44.7 Å². The summed E-state index contributed by atoms with van der Waals surface area (Å²) in [5.41, 5.74) is 1.23. The van der Waals surface area contributed by atoms with Crippen molar-refractivity contribution in [3.05, 3.63) is 63.7 Å². The molecule has 2 aromatic carbocycles. The maximum atomic E-state index is 14.8. The lowest BCUT2D eigenvalue weighted by molar-refractivity contribution is 0.0650. The molecular weight excluding hydrogens is 486 g/mol. The third-order valence-electron chi connectivity index (χ3n) is 6.30. The molecule has 0 aromatic heterocycles. The highest BCUT2D eigenvalue weighted by molar-refractivity contribution is 7.89. The molecule has 6 nitrogen and oxygen atoms in total. The number of carbonyl (C=O) groups excluding carboxylic acids is 1. The van der Waals surface area contributed by atoms with Crippen molar-refractivity contribution in [1.82, 2.24) is 9.62 Å². The van der Waals surface area contributed by atoms with E-state index in [0.29, 0.717) is 22.9 Å². The van der Waals surface area contributed by atoms with Gasteiger partial charge in [0.15, 0.2) is 0 Å². The molecule has 34 heavy (non-hydrogen) atoms. The van der Waals surface area contributed by atoms with E-state index in [1.54, 1.807) is 6.07 Å². The zero-order valence-corrected chi connectivity index (χ0v) is 20.6. The van der Waals surface area contributed by atoms with Crippen LogP contribution in [0.15, 0.2) is 30.3 Å². The van der Waals surface area contributed by atoms with Gasteiger partial charge in [0.25, 0.3) is 5.91 Å². The van der Waals surface area contributed by atoms with Crippen LogP contribution in [0.1, 0.15) is 66.1 Å². The third-order valence-corrected chi connectivity index (χ3v) is 7.19. The molecule has 1 unspecified atom stereocenters. The Morgan fingerprint density at radius 1 is 1.21 bits per heavy atom. The summed E-state index contributed by atoms with van der Waals surface area (Å²) in [6.45, 7) is 3.41. The minimum absolute atomic E-state index is 0.0544. The average Bonchev–Trinajstić information content (AvgIpc) is 3.57. The lowest BCUT2D eigenvalue weighted by atomic mass is 10.0. The molecule has 1 heterocycles. The number of likely N-dealkylation sites (tertiary alicyclic amines) is 1. The van der Waals surface area contributed by atoms with Crippen LogP contribution in [-0.2, 0) is 10.0 Å². The summed E-state index contributed by atoms with van der Waals surface area (Å²) in [6, 6.07) is 6.92. The van der Waals surface area contributed by atoms with Crippen molar-refractivity contribution >= 4 is 27.5 Å². The van der Waals surface area contributed by atoms with E-state index in [9.17, 15) is 22.0 Å². The number of hydrogen-bond donors (Lipinski definition) is 1. The number of nitrogens with zero attached hydrogens (tertiary/aromatic N) is 1. The summed E-state index contributed by atoms with van der Waals surface area (Å²) < 4.78 is 59.1. The largest absolute Gasteiger partial charge is 0.489 e. The summed E-state index contributed by atoms with van der Waals surface area (Å²) in [4.78, 5) is 14.5. The molecule has 1 N–H and O–H groups in total. The van der Waals surface area contributed by atoms with Crippen molar-refractivity contribution in [3.63, 3.8) is 0 Å². The molecule has 1 saturated carbocycles. The van der Waals surface area contributed by atoms with Crippen LogP contribution in [0.5, 0.6) is 5.75 Å². The molecule has 0 bridgehead atoms. The number of benzene rings is 2. The number of sulfonamides is 1. The Hall–Kier alpha value is -2.23. The lowest BCUT2D eigenvalue weighted by Gasteiger charge is -2.37. The third kappa shape index (κ3) is 5.87. The van der Waals surface area contributed by atoms with Gasteiger partial charge in [0.05, 0.1) is 11.8 Å². The summed E-state index contributed by atoms with van der Waals surface area (Å²) in [6.07, 6.45) is 4.07. The van der Waals surface area contributed by atoms with Crippen LogP contribution in [0.2, 0.25) is 5.02 Å². The van der Waals surface area contributed by atoms with Gasteiger partial charge in [0, 0.05) is 23.7 Å². The summed E-state index contributed by atoms with van der Waals surface area (Å²) in [5.74, 6) is -1.68. The number of carbonyl (C=O) groups is 1. The monoisotopic (exact) mass is 512 g/mol. The molecule has 2 fully saturated rings. The molecule has 0 spiro atoms. The van der Waals surface area contributed by atoms with Gasteiger partial charge in [-0.2, -0.15) is 0 Å². The quantitative estimate of drug-likeness (QED) is 0.577. The Kier molecular flexibility index (Phi) is 7.17. The van der Waals surface area contributed by atoms with Gasteiger partial charge in [-0.05, 0) is 74.4 Å². The van der Waals surface area contributed by atoms with Gasteiger partial charge in [-0.15, -0.1) is 0 Å². The van der Waals surface area contributed by atoms with Crippen molar-refractivity contribution in [2.45, 2.75) is 50.7 Å². The summed E-state index contributed by atoms with van der Waals surface area (Å²) >= 11 is 6.26. The van der Waals surface area contributed by atoms with Gasteiger partial charge in [-0.3, -0.25) is 9.69 Å². The van der Waals surface area contributed by atoms with Crippen LogP contribution in [0.25, 0.3) is 0 Å². The smallest absolute Gasteiger partial charge is 0.267 e. The highest BCUT2D eigenvalue weighted by atomic mass is 35.5. The second-order valence-corrected chi connectivity index (χ2v) is 11.2. The van der Waals surface area contributed by atoms with Crippen LogP contribution >= 0.6 is 11.6 Å². The standard InChI is InChI=1S/C24H27ClF2N2O4S/c1-14(18-8-7-16(26)10-21(18)25)29-9-3-4-17(13-29)33-23-12-22(27)20(11-19(23)15-5-6-15)24(30)28-34(2,31)32/h7-8,10-12,14-15,17H,3-6,9,13H2,1-2H3,(H,28,30)/t14-,17?/m0/s1. The van der Waals surface area contributed by atoms with Crippen LogP contribution in [0.3, 0.4) is 0 Å². The van der Waals surface area contributed by atoms with E-state index in [1.165, 1.54) is 24.3 Å². The summed E-state index contributed by atoms with van der Waals surface area (Å²) in [5, 5.41) is 0.372. The van der Waals surface area contributed by atoms with E-state index >= 15 is 0 Å². The molecule has 2 atom stereocenters. The number of ether oxygens (including phenoxy) is 1. The van der Waals surface area contributed by atoms with Crippen molar-refractivity contribution in [2.75, 3.05) is 19.3 Å². The fraction of sp³-hybridized carbons (Fsp3) is 0.458. The first-order valence-corrected chi connectivity index (χ1v) is 13.5. The Bertz CT molecular complexity index is 1200. The van der Waals surface area contributed by atoms with E-state index in [-0.39, 0.29) is 29.4 Å². The molecule has 1 aliphatic carbocycles. The van der Waals surface area contributed by atoms with Gasteiger partial charge >= 0.3 is 0 Å². The fourth-order valence-electron chi connectivity index (χ4n) is 4.42. The predicted octanol–water partition coefficient (Wildman–Crippen LogP) is 4.79. The molecule has 0 radical (unpaired) electrons. The molecule has 184 valence electrons. The van der Waals surface area contributed by atoms with Gasteiger partial charge in [0.1, 0.15) is 23.5 Å².